The smallest absolute Gasteiger partial charge is 0.257 e. The van der Waals surface area contributed by atoms with Gasteiger partial charge in [0.1, 0.15) is 11.5 Å². The number of methoxy groups -OCH3 is 1. The largest absolute Gasteiger partial charge is 0.506 e. The number of hydrogen-bond acceptors (Lipinski definition) is 5. The van der Waals surface area contributed by atoms with Crippen LogP contribution in [0.15, 0.2) is 36.4 Å². The van der Waals surface area contributed by atoms with Crippen molar-refractivity contribution in [1.29, 1.82) is 0 Å². The zero-order valence-electron chi connectivity index (χ0n) is 11.5. The Hall–Kier alpha value is -2.31. The summed E-state index contributed by atoms with van der Waals surface area (Å²) in [6.45, 7) is 0. The van der Waals surface area contributed by atoms with Crippen molar-refractivity contribution in [1.82, 2.24) is 4.98 Å². The molecule has 0 atom stereocenters. The fourth-order valence-electron chi connectivity index (χ4n) is 1.90. The summed E-state index contributed by atoms with van der Waals surface area (Å²) in [5.74, 6) is 0.331. The molecule has 0 saturated heterocycles. The molecule has 0 aliphatic rings. The van der Waals surface area contributed by atoms with Crippen molar-refractivity contribution in [3.63, 3.8) is 0 Å². The lowest BCUT2D eigenvalue weighted by Crippen LogP contribution is -2.11. The highest BCUT2D eigenvalue weighted by Crippen LogP contribution is 2.30. The number of nitrogens with one attached hydrogen (secondary N) is 1. The molecule has 0 aliphatic carbocycles. The summed E-state index contributed by atoms with van der Waals surface area (Å²) in [5.41, 5.74) is 1.13. The van der Waals surface area contributed by atoms with E-state index in [1.54, 1.807) is 7.11 Å². The van der Waals surface area contributed by atoms with Gasteiger partial charge in [-0.2, -0.15) is 0 Å². The van der Waals surface area contributed by atoms with Crippen LogP contribution in [0, 0.1) is 0 Å². The Morgan fingerprint density at radius 2 is 2.14 bits per heavy atom. The van der Waals surface area contributed by atoms with E-state index in [-0.39, 0.29) is 16.7 Å². The average Bonchev–Trinajstić information content (AvgIpc) is 2.90. The number of aromatic hydroxyl groups is 1. The van der Waals surface area contributed by atoms with Crippen LogP contribution in [0.3, 0.4) is 0 Å². The lowest BCUT2D eigenvalue weighted by atomic mass is 10.2. The minimum absolute atomic E-state index is 0.0645. The topological polar surface area (TPSA) is 71.5 Å². The van der Waals surface area contributed by atoms with Gasteiger partial charge < -0.3 is 9.84 Å². The number of phenolic OH excluding ortho intramolecular Hbond substituents is 1. The first-order chi connectivity index (χ1) is 10.6. The number of rotatable bonds is 3. The minimum atomic E-state index is -0.340. The summed E-state index contributed by atoms with van der Waals surface area (Å²) in [6, 6.07) is 9.78. The third-order valence-electron chi connectivity index (χ3n) is 3.03. The molecule has 2 N–H and O–H groups in total. The molecule has 0 bridgehead atoms. The van der Waals surface area contributed by atoms with Crippen LogP contribution < -0.4 is 10.1 Å². The van der Waals surface area contributed by atoms with E-state index < -0.39 is 0 Å². The molecular weight excluding hydrogens is 324 g/mol. The second-order valence-corrected chi connectivity index (χ2v) is 5.91. The Balaban J connectivity index is 1.85. The van der Waals surface area contributed by atoms with Crippen molar-refractivity contribution >= 4 is 44.2 Å². The number of benzene rings is 2. The van der Waals surface area contributed by atoms with Crippen LogP contribution in [-0.2, 0) is 0 Å². The SMILES string of the molecule is COc1ccc2nc(NC(=O)c3ccc(O)c(Cl)c3)sc2c1. The van der Waals surface area contributed by atoms with Gasteiger partial charge in [0, 0.05) is 5.56 Å². The van der Waals surface area contributed by atoms with Crippen LogP contribution >= 0.6 is 22.9 Å². The molecular formula is C15H11ClN2O3S. The van der Waals surface area contributed by atoms with Crippen molar-refractivity contribution < 1.29 is 14.6 Å². The van der Waals surface area contributed by atoms with Crippen molar-refractivity contribution in [3.8, 4) is 11.5 Å². The van der Waals surface area contributed by atoms with E-state index >= 15 is 0 Å². The summed E-state index contributed by atoms with van der Waals surface area (Å²) >= 11 is 7.15. The van der Waals surface area contributed by atoms with Gasteiger partial charge in [0.25, 0.3) is 5.91 Å². The molecule has 1 heterocycles. The predicted octanol–water partition coefficient (Wildman–Crippen LogP) is 3.92. The van der Waals surface area contributed by atoms with Gasteiger partial charge in [-0.1, -0.05) is 22.9 Å². The number of anilines is 1. The average molecular weight is 335 g/mol. The second-order valence-electron chi connectivity index (χ2n) is 4.47. The van der Waals surface area contributed by atoms with Gasteiger partial charge in [-0.3, -0.25) is 10.1 Å². The van der Waals surface area contributed by atoms with E-state index in [0.29, 0.717) is 10.7 Å². The maximum absolute atomic E-state index is 12.2. The van der Waals surface area contributed by atoms with Gasteiger partial charge in [0.15, 0.2) is 5.13 Å². The van der Waals surface area contributed by atoms with Gasteiger partial charge in [-0.15, -0.1) is 0 Å². The lowest BCUT2D eigenvalue weighted by molar-refractivity contribution is 0.102. The highest BCUT2D eigenvalue weighted by atomic mass is 35.5. The molecule has 0 aliphatic heterocycles. The molecule has 3 aromatic rings. The quantitative estimate of drug-likeness (QED) is 0.761. The molecule has 0 fully saturated rings. The normalized spacial score (nSPS) is 10.6. The Kier molecular flexibility index (Phi) is 3.87. The highest BCUT2D eigenvalue weighted by molar-refractivity contribution is 7.22. The zero-order chi connectivity index (χ0) is 15.7. The first-order valence-electron chi connectivity index (χ1n) is 6.31. The van der Waals surface area contributed by atoms with Crippen molar-refractivity contribution in [3.05, 3.63) is 47.0 Å². The number of carbonyl (C=O) groups excluding carboxylic acids is 1. The van der Waals surface area contributed by atoms with Crippen molar-refractivity contribution in [2.75, 3.05) is 12.4 Å². The first-order valence-corrected chi connectivity index (χ1v) is 7.51. The van der Waals surface area contributed by atoms with Crippen LogP contribution in [0.2, 0.25) is 5.02 Å². The number of halogens is 1. The van der Waals surface area contributed by atoms with Gasteiger partial charge >= 0.3 is 0 Å². The molecule has 5 nitrogen and oxygen atoms in total. The Morgan fingerprint density at radius 3 is 2.86 bits per heavy atom. The first kappa shape index (κ1) is 14.6. The fourth-order valence-corrected chi connectivity index (χ4v) is 2.97. The number of ether oxygens (including phenoxy) is 1. The fraction of sp³-hybridized carbons (Fsp3) is 0.0667. The highest BCUT2D eigenvalue weighted by Gasteiger charge is 2.12. The lowest BCUT2D eigenvalue weighted by Gasteiger charge is -2.03. The predicted molar refractivity (Wildman–Crippen MR) is 87.2 cm³/mol. The van der Waals surface area contributed by atoms with Crippen LogP contribution in [-0.4, -0.2) is 23.1 Å². The summed E-state index contributed by atoms with van der Waals surface area (Å²) < 4.78 is 6.07. The molecule has 3 rings (SSSR count). The number of thiazole rings is 1. The van der Waals surface area contributed by atoms with Gasteiger partial charge in [0.2, 0.25) is 0 Å². The Morgan fingerprint density at radius 1 is 1.32 bits per heavy atom. The number of hydrogen-bond donors (Lipinski definition) is 2. The van der Waals surface area contributed by atoms with E-state index in [0.717, 1.165) is 16.0 Å². The maximum Gasteiger partial charge on any atom is 0.257 e. The van der Waals surface area contributed by atoms with Crippen molar-refractivity contribution in [2.45, 2.75) is 0 Å². The molecule has 0 radical (unpaired) electrons. The molecule has 1 aromatic heterocycles. The molecule has 2 aromatic carbocycles. The van der Waals surface area contributed by atoms with E-state index in [1.165, 1.54) is 29.5 Å². The number of aromatic nitrogens is 1. The molecule has 0 unspecified atom stereocenters. The number of phenols is 1. The third kappa shape index (κ3) is 2.84. The van der Waals surface area contributed by atoms with Gasteiger partial charge in [-0.05, 0) is 36.4 Å². The molecule has 0 saturated carbocycles. The van der Waals surface area contributed by atoms with E-state index in [1.807, 2.05) is 18.2 Å². The van der Waals surface area contributed by atoms with Crippen LogP contribution in [0.1, 0.15) is 10.4 Å². The van der Waals surface area contributed by atoms with Crippen LogP contribution in [0.5, 0.6) is 11.5 Å². The molecule has 1 amide bonds. The number of fused-ring (bicyclic) bond motifs is 1. The summed E-state index contributed by atoms with van der Waals surface area (Å²) in [5, 5.41) is 12.7. The van der Waals surface area contributed by atoms with E-state index in [2.05, 4.69) is 10.3 Å². The summed E-state index contributed by atoms with van der Waals surface area (Å²) in [6.07, 6.45) is 0. The summed E-state index contributed by atoms with van der Waals surface area (Å²) in [4.78, 5) is 16.5. The summed E-state index contributed by atoms with van der Waals surface area (Å²) in [7, 11) is 1.60. The van der Waals surface area contributed by atoms with Gasteiger partial charge in [-0.25, -0.2) is 4.98 Å². The Labute approximate surface area is 135 Å². The molecule has 0 spiro atoms. The van der Waals surface area contributed by atoms with Gasteiger partial charge in [0.05, 0.1) is 22.3 Å². The molecule has 7 heteroatoms. The molecule has 112 valence electrons. The van der Waals surface area contributed by atoms with Crippen LogP contribution in [0.25, 0.3) is 10.2 Å². The third-order valence-corrected chi connectivity index (χ3v) is 4.26. The van der Waals surface area contributed by atoms with E-state index in [9.17, 15) is 9.90 Å². The number of carbonyl (C=O) groups is 1. The zero-order valence-corrected chi connectivity index (χ0v) is 13.0. The Bertz CT molecular complexity index is 863. The number of nitrogens with zero attached hydrogens (tertiary/aromatic N) is 1. The molecule has 22 heavy (non-hydrogen) atoms. The van der Waals surface area contributed by atoms with E-state index in [4.69, 9.17) is 16.3 Å². The second kappa shape index (κ2) is 5.82. The minimum Gasteiger partial charge on any atom is -0.506 e. The van der Waals surface area contributed by atoms with Crippen molar-refractivity contribution in [2.24, 2.45) is 0 Å². The van der Waals surface area contributed by atoms with Crippen LogP contribution in [0.4, 0.5) is 5.13 Å². The maximum atomic E-state index is 12.2. The number of amides is 1. The standard InChI is InChI=1S/C15H11ClN2O3S/c1-21-9-3-4-11-13(7-9)22-15(17-11)18-14(20)8-2-5-12(19)10(16)6-8/h2-7,19H,1H3,(H,17,18,20). The monoisotopic (exact) mass is 334 g/mol.